The van der Waals surface area contributed by atoms with Crippen LogP contribution in [0.5, 0.6) is 0 Å². The van der Waals surface area contributed by atoms with Crippen LogP contribution in [0.4, 0.5) is 0 Å². The molecule has 0 atom stereocenters. The van der Waals surface area contributed by atoms with Gasteiger partial charge in [-0.3, -0.25) is 14.2 Å². The van der Waals surface area contributed by atoms with Gasteiger partial charge in [0.15, 0.2) is 5.16 Å². The van der Waals surface area contributed by atoms with Gasteiger partial charge in [0.25, 0.3) is 5.56 Å². The summed E-state index contributed by atoms with van der Waals surface area (Å²) in [6, 6.07) is 24.9. The third-order valence-corrected chi connectivity index (χ3v) is 6.55. The first-order valence-electron chi connectivity index (χ1n) is 10.8. The number of aromatic nitrogens is 2. The van der Waals surface area contributed by atoms with Gasteiger partial charge in [-0.2, -0.15) is 0 Å². The minimum absolute atomic E-state index is 0.0837. The molecule has 0 unspecified atom stereocenters. The normalized spacial score (nSPS) is 10.9. The van der Waals surface area contributed by atoms with Crippen molar-refractivity contribution in [3.63, 3.8) is 0 Å². The number of fused-ring (bicyclic) bond motifs is 1. The molecule has 1 amide bonds. The van der Waals surface area contributed by atoms with Crippen LogP contribution in [0.3, 0.4) is 0 Å². The van der Waals surface area contributed by atoms with Gasteiger partial charge in [0.2, 0.25) is 5.91 Å². The molecule has 3 aromatic carbocycles. The van der Waals surface area contributed by atoms with Crippen molar-refractivity contribution in [2.45, 2.75) is 30.3 Å². The smallest absolute Gasteiger partial charge is 0.262 e. The Hall–Kier alpha value is -3.09. The van der Waals surface area contributed by atoms with Gasteiger partial charge in [-0.25, -0.2) is 4.98 Å². The summed E-state index contributed by atoms with van der Waals surface area (Å²) in [4.78, 5) is 30.3. The topological polar surface area (TPSA) is 64.0 Å². The SMILES string of the molecule is O=C(CCn1c(SCc2ccc(Cl)cc2)nc2ccccc2c1=O)NCCc1ccccc1. The van der Waals surface area contributed by atoms with Crippen molar-refractivity contribution in [3.8, 4) is 0 Å². The Morgan fingerprint density at radius 1 is 0.939 bits per heavy atom. The summed E-state index contributed by atoms with van der Waals surface area (Å²) in [5.74, 6) is 0.560. The lowest BCUT2D eigenvalue weighted by atomic mass is 10.1. The molecule has 0 fully saturated rings. The van der Waals surface area contributed by atoms with E-state index in [1.807, 2.05) is 72.8 Å². The van der Waals surface area contributed by atoms with E-state index >= 15 is 0 Å². The molecule has 168 valence electrons. The van der Waals surface area contributed by atoms with Crippen LogP contribution in [0.1, 0.15) is 17.5 Å². The molecular weight excluding hydrogens is 454 g/mol. The second-order valence-corrected chi connectivity index (χ2v) is 9.00. The first-order valence-corrected chi connectivity index (χ1v) is 12.1. The van der Waals surface area contributed by atoms with Crippen molar-refractivity contribution in [2.75, 3.05) is 6.54 Å². The summed E-state index contributed by atoms with van der Waals surface area (Å²) < 4.78 is 1.61. The van der Waals surface area contributed by atoms with E-state index < -0.39 is 0 Å². The number of benzene rings is 3. The van der Waals surface area contributed by atoms with E-state index in [1.165, 1.54) is 17.3 Å². The molecule has 33 heavy (non-hydrogen) atoms. The molecule has 0 radical (unpaired) electrons. The van der Waals surface area contributed by atoms with Crippen molar-refractivity contribution in [3.05, 3.63) is 105 Å². The molecule has 0 saturated heterocycles. The van der Waals surface area contributed by atoms with Gasteiger partial charge in [-0.15, -0.1) is 0 Å². The number of thioether (sulfide) groups is 1. The number of hydrogen-bond donors (Lipinski definition) is 1. The van der Waals surface area contributed by atoms with Crippen LogP contribution in [0.2, 0.25) is 5.02 Å². The number of carbonyl (C=O) groups is 1. The molecule has 1 aromatic heterocycles. The lowest BCUT2D eigenvalue weighted by Crippen LogP contribution is -2.30. The largest absolute Gasteiger partial charge is 0.356 e. The lowest BCUT2D eigenvalue weighted by molar-refractivity contribution is -0.121. The zero-order valence-corrected chi connectivity index (χ0v) is 19.6. The van der Waals surface area contributed by atoms with Crippen LogP contribution in [0.15, 0.2) is 88.8 Å². The van der Waals surface area contributed by atoms with E-state index in [-0.39, 0.29) is 24.4 Å². The maximum Gasteiger partial charge on any atom is 0.262 e. The second-order valence-electron chi connectivity index (χ2n) is 7.62. The highest BCUT2D eigenvalue weighted by Gasteiger charge is 2.13. The van der Waals surface area contributed by atoms with Crippen LogP contribution in [-0.4, -0.2) is 22.0 Å². The monoisotopic (exact) mass is 477 g/mol. The number of carbonyl (C=O) groups excluding carboxylic acids is 1. The number of nitrogens with zero attached hydrogens (tertiary/aromatic N) is 2. The molecule has 0 aliphatic carbocycles. The summed E-state index contributed by atoms with van der Waals surface area (Å²) in [7, 11) is 0. The summed E-state index contributed by atoms with van der Waals surface area (Å²) in [5.41, 5.74) is 2.78. The number of hydrogen-bond acceptors (Lipinski definition) is 4. The molecule has 5 nitrogen and oxygen atoms in total. The number of rotatable bonds is 9. The molecule has 1 N–H and O–H groups in total. The van der Waals surface area contributed by atoms with Crippen molar-refractivity contribution in [1.82, 2.24) is 14.9 Å². The fourth-order valence-electron chi connectivity index (χ4n) is 3.48. The van der Waals surface area contributed by atoms with Gasteiger partial charge >= 0.3 is 0 Å². The first-order chi connectivity index (χ1) is 16.1. The molecule has 0 aliphatic rings. The Balaban J connectivity index is 1.45. The predicted octanol–water partition coefficient (Wildman–Crippen LogP) is 5.09. The van der Waals surface area contributed by atoms with Crippen molar-refractivity contribution in [1.29, 1.82) is 0 Å². The molecule has 4 aromatic rings. The highest BCUT2D eigenvalue weighted by Crippen LogP contribution is 2.23. The van der Waals surface area contributed by atoms with Crippen LogP contribution >= 0.6 is 23.4 Å². The molecule has 0 bridgehead atoms. The van der Waals surface area contributed by atoms with Gasteiger partial charge < -0.3 is 5.32 Å². The minimum atomic E-state index is -0.128. The Morgan fingerprint density at radius 3 is 2.45 bits per heavy atom. The van der Waals surface area contributed by atoms with E-state index in [9.17, 15) is 9.59 Å². The summed E-state index contributed by atoms with van der Waals surface area (Å²) in [6.45, 7) is 0.836. The molecule has 1 heterocycles. The summed E-state index contributed by atoms with van der Waals surface area (Å²) in [6.07, 6.45) is 0.982. The zero-order chi connectivity index (χ0) is 23.0. The van der Waals surface area contributed by atoms with E-state index in [2.05, 4.69) is 5.32 Å². The fraction of sp³-hybridized carbons (Fsp3) is 0.192. The van der Waals surface area contributed by atoms with Gasteiger partial charge in [0.1, 0.15) is 0 Å². The van der Waals surface area contributed by atoms with Crippen molar-refractivity contribution in [2.24, 2.45) is 0 Å². The van der Waals surface area contributed by atoms with E-state index in [1.54, 1.807) is 10.6 Å². The van der Waals surface area contributed by atoms with Gasteiger partial charge in [0, 0.05) is 30.3 Å². The highest BCUT2D eigenvalue weighted by molar-refractivity contribution is 7.98. The first kappa shape index (κ1) is 23.1. The third-order valence-electron chi connectivity index (χ3n) is 5.25. The maximum absolute atomic E-state index is 13.2. The number of nitrogens with one attached hydrogen (secondary N) is 1. The molecule has 0 saturated carbocycles. The van der Waals surface area contributed by atoms with Gasteiger partial charge in [-0.05, 0) is 41.8 Å². The highest BCUT2D eigenvalue weighted by atomic mass is 35.5. The van der Waals surface area contributed by atoms with Crippen molar-refractivity contribution < 1.29 is 4.79 Å². The Kier molecular flexibility index (Phi) is 7.81. The Morgan fingerprint density at radius 2 is 1.67 bits per heavy atom. The fourth-order valence-corrected chi connectivity index (χ4v) is 4.58. The number of para-hydroxylation sites is 1. The maximum atomic E-state index is 13.2. The average Bonchev–Trinajstić information content (AvgIpc) is 2.84. The number of amides is 1. The quantitative estimate of drug-likeness (QED) is 0.269. The predicted molar refractivity (Wildman–Crippen MR) is 135 cm³/mol. The molecule has 4 rings (SSSR count). The van der Waals surface area contributed by atoms with E-state index in [0.717, 1.165) is 12.0 Å². The third kappa shape index (κ3) is 6.24. The van der Waals surface area contributed by atoms with Crippen LogP contribution in [0, 0.1) is 0 Å². The Bertz CT molecular complexity index is 1290. The Labute approximate surface area is 201 Å². The van der Waals surface area contributed by atoms with Crippen LogP contribution in [0.25, 0.3) is 10.9 Å². The summed E-state index contributed by atoms with van der Waals surface area (Å²) in [5, 5.41) is 4.79. The van der Waals surface area contributed by atoms with Gasteiger partial charge in [0.05, 0.1) is 10.9 Å². The molecule has 7 heteroatoms. The van der Waals surface area contributed by atoms with Crippen LogP contribution < -0.4 is 10.9 Å². The van der Waals surface area contributed by atoms with Gasteiger partial charge in [-0.1, -0.05) is 78.0 Å². The number of halogens is 1. The van der Waals surface area contributed by atoms with E-state index in [0.29, 0.717) is 33.4 Å². The van der Waals surface area contributed by atoms with Crippen LogP contribution in [-0.2, 0) is 23.5 Å². The second kappa shape index (κ2) is 11.2. The van der Waals surface area contributed by atoms with E-state index in [4.69, 9.17) is 16.6 Å². The zero-order valence-electron chi connectivity index (χ0n) is 18.0. The molecular formula is C26H24ClN3O2S. The lowest BCUT2D eigenvalue weighted by Gasteiger charge is -2.13. The standard InChI is InChI=1S/C26H24ClN3O2S/c27-21-12-10-20(11-13-21)18-33-26-29-23-9-5-4-8-22(23)25(32)30(26)17-15-24(31)28-16-14-19-6-2-1-3-7-19/h1-13H,14-18H2,(H,28,31). The van der Waals surface area contributed by atoms with Crippen molar-refractivity contribution >= 4 is 40.2 Å². The molecule has 0 aliphatic heterocycles. The molecule has 0 spiro atoms. The minimum Gasteiger partial charge on any atom is -0.356 e. The average molecular weight is 478 g/mol. The summed E-state index contributed by atoms with van der Waals surface area (Å²) >= 11 is 7.46.